The fraction of sp³-hybridized carbons (Fsp3) is 0.200. The molecule has 3 amide bonds. The molecule has 1 aliphatic heterocycles. The van der Waals surface area contributed by atoms with Crippen LogP contribution in [0.1, 0.15) is 42.1 Å². The Morgan fingerprint density at radius 1 is 1.06 bits per heavy atom. The molecular weight excluding hydrogens is 406 g/mol. The van der Waals surface area contributed by atoms with E-state index in [1.165, 1.54) is 0 Å². The summed E-state index contributed by atoms with van der Waals surface area (Å²) in [4.78, 5) is 40.7. The molecule has 2 aromatic carbocycles. The van der Waals surface area contributed by atoms with Gasteiger partial charge in [0.05, 0.1) is 11.6 Å². The zero-order chi connectivity index (χ0) is 22.6. The monoisotopic (exact) mass is 429 g/mol. The molecule has 2 N–H and O–H groups in total. The lowest BCUT2D eigenvalue weighted by Gasteiger charge is -2.35. The van der Waals surface area contributed by atoms with Gasteiger partial charge in [-0.25, -0.2) is 0 Å². The van der Waals surface area contributed by atoms with Crippen LogP contribution in [0.3, 0.4) is 0 Å². The molecule has 0 radical (unpaired) electrons. The largest absolute Gasteiger partial charge is 0.456 e. The minimum atomic E-state index is -0.722. The Morgan fingerprint density at radius 2 is 1.81 bits per heavy atom. The van der Waals surface area contributed by atoms with E-state index >= 15 is 0 Å². The number of piperidine rings is 1. The molecule has 32 heavy (non-hydrogen) atoms. The normalized spacial score (nSPS) is 18.0. The van der Waals surface area contributed by atoms with Crippen molar-refractivity contribution in [1.82, 2.24) is 10.3 Å². The number of nitrogens with one attached hydrogen (secondary N) is 2. The Kier molecular flexibility index (Phi) is 5.98. The Balaban J connectivity index is 1.42. The first-order valence-corrected chi connectivity index (χ1v) is 10.4. The first-order valence-electron chi connectivity index (χ1n) is 10.4. The molecule has 162 valence electrons. The second-order valence-corrected chi connectivity index (χ2v) is 7.66. The number of imide groups is 1. The number of nitrogens with zero attached hydrogens (tertiary/aromatic N) is 1. The van der Waals surface area contributed by atoms with Crippen molar-refractivity contribution in [2.45, 2.75) is 31.6 Å². The number of rotatable bonds is 6. The molecule has 2 heterocycles. The summed E-state index contributed by atoms with van der Waals surface area (Å²) in [6, 6.07) is 17.6. The fourth-order valence-electron chi connectivity index (χ4n) is 3.86. The van der Waals surface area contributed by atoms with Crippen molar-refractivity contribution < 1.29 is 19.1 Å². The summed E-state index contributed by atoms with van der Waals surface area (Å²) < 4.78 is 5.69. The van der Waals surface area contributed by atoms with Crippen molar-refractivity contribution >= 4 is 23.4 Å². The number of carbonyl (C=O) groups excluding carboxylic acids is 3. The maximum Gasteiger partial charge on any atom is 0.255 e. The highest BCUT2D eigenvalue weighted by atomic mass is 16.5. The first-order chi connectivity index (χ1) is 15.5. The van der Waals surface area contributed by atoms with Crippen LogP contribution in [0.5, 0.6) is 11.5 Å². The van der Waals surface area contributed by atoms with E-state index in [2.05, 4.69) is 15.6 Å². The zero-order valence-corrected chi connectivity index (χ0v) is 17.6. The number of amides is 3. The molecule has 1 aliphatic rings. The van der Waals surface area contributed by atoms with Crippen LogP contribution in [0.15, 0.2) is 73.1 Å². The minimum Gasteiger partial charge on any atom is -0.456 e. The van der Waals surface area contributed by atoms with Crippen LogP contribution in [-0.4, -0.2) is 22.7 Å². The standard InChI is InChI=1S/C25H23N3O4/c1-2-25(14-13-22(29)28-24(25)31)18-7-9-19(10-8-18)27-23(30)17-5-11-20(12-6-17)32-21-4-3-15-26-16-21/h3-12,15-16H,2,13-14H2,1H3,(H,27,30)(H,28,29,31). The number of benzene rings is 2. The molecular formula is C25H23N3O4. The first kappa shape index (κ1) is 21.2. The number of hydrogen-bond acceptors (Lipinski definition) is 5. The van der Waals surface area contributed by atoms with Gasteiger partial charge in [0.1, 0.15) is 11.5 Å². The van der Waals surface area contributed by atoms with Crippen molar-refractivity contribution in [3.63, 3.8) is 0 Å². The van der Waals surface area contributed by atoms with Crippen LogP contribution in [0.25, 0.3) is 0 Å². The van der Waals surface area contributed by atoms with Gasteiger partial charge in [0.15, 0.2) is 0 Å². The molecule has 0 bridgehead atoms. The second kappa shape index (κ2) is 9.01. The van der Waals surface area contributed by atoms with Crippen molar-refractivity contribution in [3.8, 4) is 11.5 Å². The number of ether oxygens (including phenoxy) is 1. The van der Waals surface area contributed by atoms with Crippen LogP contribution in [-0.2, 0) is 15.0 Å². The quantitative estimate of drug-likeness (QED) is 0.572. The number of aromatic nitrogens is 1. The molecule has 1 saturated heterocycles. The molecule has 7 heteroatoms. The summed E-state index contributed by atoms with van der Waals surface area (Å²) in [5.74, 6) is 0.469. The highest BCUT2D eigenvalue weighted by Gasteiger charge is 2.42. The molecule has 0 saturated carbocycles. The molecule has 7 nitrogen and oxygen atoms in total. The lowest BCUT2D eigenvalue weighted by atomic mass is 9.72. The third kappa shape index (κ3) is 4.37. The predicted octanol–water partition coefficient (Wildman–Crippen LogP) is 4.21. The zero-order valence-electron chi connectivity index (χ0n) is 17.6. The summed E-state index contributed by atoms with van der Waals surface area (Å²) in [6.07, 6.45) is 4.67. The van der Waals surface area contributed by atoms with Crippen molar-refractivity contribution in [1.29, 1.82) is 0 Å². The summed E-state index contributed by atoms with van der Waals surface area (Å²) in [5, 5.41) is 5.31. The van der Waals surface area contributed by atoms with Gasteiger partial charge < -0.3 is 10.1 Å². The number of hydrogen-bond donors (Lipinski definition) is 2. The van der Waals surface area contributed by atoms with Crippen molar-refractivity contribution in [3.05, 3.63) is 84.2 Å². The fourth-order valence-corrected chi connectivity index (χ4v) is 3.86. The van der Waals surface area contributed by atoms with E-state index in [0.717, 1.165) is 5.56 Å². The van der Waals surface area contributed by atoms with Gasteiger partial charge in [-0.15, -0.1) is 0 Å². The third-order valence-corrected chi connectivity index (χ3v) is 5.75. The SMILES string of the molecule is CCC1(c2ccc(NC(=O)c3ccc(Oc4cccnc4)cc3)cc2)CCC(=O)NC1=O. The summed E-state index contributed by atoms with van der Waals surface area (Å²) in [6.45, 7) is 1.94. The molecule has 1 unspecified atom stereocenters. The van der Waals surface area contributed by atoms with E-state index in [1.807, 2.05) is 19.1 Å². The maximum absolute atomic E-state index is 12.6. The number of carbonyl (C=O) groups is 3. The third-order valence-electron chi connectivity index (χ3n) is 5.75. The number of pyridine rings is 1. The number of anilines is 1. The van der Waals surface area contributed by atoms with Gasteiger partial charge in [0, 0.05) is 23.9 Å². The van der Waals surface area contributed by atoms with E-state index in [9.17, 15) is 14.4 Å². The maximum atomic E-state index is 12.6. The Labute approximate surface area is 185 Å². The lowest BCUT2D eigenvalue weighted by molar-refractivity contribution is -0.138. The molecule has 1 aromatic heterocycles. The summed E-state index contributed by atoms with van der Waals surface area (Å²) in [7, 11) is 0. The van der Waals surface area contributed by atoms with Gasteiger partial charge in [-0.3, -0.25) is 24.7 Å². The average molecular weight is 429 g/mol. The summed E-state index contributed by atoms with van der Waals surface area (Å²) >= 11 is 0. The minimum absolute atomic E-state index is 0.236. The van der Waals surface area contributed by atoms with E-state index in [4.69, 9.17) is 4.74 Å². The van der Waals surface area contributed by atoms with E-state index < -0.39 is 5.41 Å². The highest BCUT2D eigenvalue weighted by Crippen LogP contribution is 2.36. The predicted molar refractivity (Wildman–Crippen MR) is 120 cm³/mol. The van der Waals surface area contributed by atoms with Crippen molar-refractivity contribution in [2.75, 3.05) is 5.32 Å². The Hall–Kier alpha value is -4.00. The lowest BCUT2D eigenvalue weighted by Crippen LogP contribution is -2.51. The van der Waals surface area contributed by atoms with Crippen LogP contribution in [0.4, 0.5) is 5.69 Å². The molecule has 0 aliphatic carbocycles. The molecule has 1 atom stereocenters. The van der Waals surface area contributed by atoms with Gasteiger partial charge in [-0.2, -0.15) is 0 Å². The topological polar surface area (TPSA) is 97.4 Å². The van der Waals surface area contributed by atoms with E-state index in [1.54, 1.807) is 60.9 Å². The van der Waals surface area contributed by atoms with Crippen LogP contribution in [0, 0.1) is 0 Å². The van der Waals surface area contributed by atoms with Crippen LogP contribution < -0.4 is 15.4 Å². The molecule has 0 spiro atoms. The molecule has 1 fully saturated rings. The second-order valence-electron chi connectivity index (χ2n) is 7.66. The summed E-state index contributed by atoms with van der Waals surface area (Å²) in [5.41, 5.74) is 1.22. The van der Waals surface area contributed by atoms with Gasteiger partial charge in [-0.1, -0.05) is 19.1 Å². The van der Waals surface area contributed by atoms with Gasteiger partial charge in [0.25, 0.3) is 5.91 Å². The molecule has 3 aromatic rings. The van der Waals surface area contributed by atoms with Gasteiger partial charge in [-0.05, 0) is 66.9 Å². The smallest absolute Gasteiger partial charge is 0.255 e. The Morgan fingerprint density at radius 3 is 2.44 bits per heavy atom. The Bertz CT molecular complexity index is 1130. The van der Waals surface area contributed by atoms with E-state index in [0.29, 0.717) is 42.0 Å². The average Bonchev–Trinajstić information content (AvgIpc) is 2.81. The van der Waals surface area contributed by atoms with Crippen molar-refractivity contribution in [2.24, 2.45) is 0 Å². The molecule has 4 rings (SSSR count). The van der Waals surface area contributed by atoms with E-state index in [-0.39, 0.29) is 17.7 Å². The van der Waals surface area contributed by atoms with Crippen LogP contribution in [0.2, 0.25) is 0 Å². The van der Waals surface area contributed by atoms with Gasteiger partial charge >= 0.3 is 0 Å². The highest BCUT2D eigenvalue weighted by molar-refractivity contribution is 6.05. The van der Waals surface area contributed by atoms with Crippen LogP contribution >= 0.6 is 0 Å². The van der Waals surface area contributed by atoms with Gasteiger partial charge in [0.2, 0.25) is 11.8 Å².